The fraction of sp³-hybridized carbons (Fsp3) is 0.462. The molecule has 0 aliphatic heterocycles. The first-order valence-electron chi connectivity index (χ1n) is 6.68. The van der Waals surface area contributed by atoms with Crippen LogP contribution >= 0.6 is 0 Å². The molecule has 0 bridgehead atoms. The summed E-state index contributed by atoms with van der Waals surface area (Å²) in [6, 6.07) is 1.69. The van der Waals surface area contributed by atoms with Crippen molar-refractivity contribution in [1.29, 1.82) is 0 Å². The van der Waals surface area contributed by atoms with Crippen molar-refractivity contribution in [1.82, 2.24) is 15.1 Å². The lowest BCUT2D eigenvalue weighted by molar-refractivity contribution is 0.390. The van der Waals surface area contributed by atoms with Gasteiger partial charge in [0.15, 0.2) is 10.7 Å². The molecule has 7 nitrogen and oxygen atoms in total. The van der Waals surface area contributed by atoms with Crippen LogP contribution in [0, 0.1) is 20.8 Å². The minimum Gasteiger partial charge on any atom is -0.360 e. The first-order chi connectivity index (χ1) is 9.87. The number of nitrogens with zero attached hydrogens (tertiary/aromatic N) is 3. The molecule has 0 spiro atoms. The monoisotopic (exact) mass is 308 g/mol. The van der Waals surface area contributed by atoms with Gasteiger partial charge in [0, 0.05) is 17.7 Å². The van der Waals surface area contributed by atoms with Gasteiger partial charge in [-0.3, -0.25) is 4.72 Å². The second-order valence-electron chi connectivity index (χ2n) is 5.26. The normalized spacial score (nSPS) is 15.2. The van der Waals surface area contributed by atoms with E-state index in [9.17, 15) is 8.42 Å². The highest BCUT2D eigenvalue weighted by Crippen LogP contribution is 2.39. The Morgan fingerprint density at radius 3 is 2.52 bits per heavy atom. The third kappa shape index (κ3) is 2.76. The molecule has 0 aromatic carbocycles. The Balaban J connectivity index is 1.96. The highest BCUT2D eigenvalue weighted by atomic mass is 32.2. The molecule has 1 aliphatic rings. The molecular formula is C13H16N4O3S. The van der Waals surface area contributed by atoms with E-state index in [1.807, 2.05) is 0 Å². The number of hydrogen-bond acceptors (Lipinski definition) is 6. The zero-order valence-corrected chi connectivity index (χ0v) is 12.9. The van der Waals surface area contributed by atoms with Crippen LogP contribution in [0.4, 0.5) is 5.82 Å². The van der Waals surface area contributed by atoms with Crippen molar-refractivity contribution in [3.05, 3.63) is 29.0 Å². The highest BCUT2D eigenvalue weighted by molar-refractivity contribution is 7.92. The molecule has 1 saturated carbocycles. The topological polar surface area (TPSA) is 98.0 Å². The van der Waals surface area contributed by atoms with Crippen LogP contribution in [0.15, 0.2) is 15.5 Å². The standard InChI is InChI=1S/C13H16N4O3S/c1-7-13(8(2)20-16-7)21(18,19)17-12-6-11(10-4-5-10)14-9(3)15-12/h6,10H,4-5H2,1-3H3,(H,14,15,17). The summed E-state index contributed by atoms with van der Waals surface area (Å²) >= 11 is 0. The molecule has 0 radical (unpaired) electrons. The van der Waals surface area contributed by atoms with E-state index in [0.29, 0.717) is 17.4 Å². The number of anilines is 1. The zero-order chi connectivity index (χ0) is 15.2. The molecule has 2 aromatic rings. The molecule has 0 unspecified atom stereocenters. The Hall–Kier alpha value is -1.96. The predicted molar refractivity (Wildman–Crippen MR) is 75.5 cm³/mol. The summed E-state index contributed by atoms with van der Waals surface area (Å²) in [5.74, 6) is 1.52. The van der Waals surface area contributed by atoms with Gasteiger partial charge in [-0.05, 0) is 33.6 Å². The van der Waals surface area contributed by atoms with Crippen LogP contribution in [0.3, 0.4) is 0 Å². The van der Waals surface area contributed by atoms with Crippen molar-refractivity contribution in [3.63, 3.8) is 0 Å². The van der Waals surface area contributed by atoms with Crippen LogP contribution in [0.2, 0.25) is 0 Å². The summed E-state index contributed by atoms with van der Waals surface area (Å²) in [6.07, 6.45) is 2.18. The molecule has 3 rings (SSSR count). The van der Waals surface area contributed by atoms with Crippen LogP contribution in [-0.4, -0.2) is 23.5 Å². The van der Waals surface area contributed by atoms with Crippen molar-refractivity contribution < 1.29 is 12.9 Å². The Labute approximate surface area is 122 Å². The minimum absolute atomic E-state index is 0.0618. The second-order valence-corrected chi connectivity index (χ2v) is 6.88. The van der Waals surface area contributed by atoms with Crippen LogP contribution in [0.5, 0.6) is 0 Å². The fourth-order valence-electron chi connectivity index (χ4n) is 2.28. The first kappa shape index (κ1) is 14.0. The average Bonchev–Trinajstić information content (AvgIpc) is 3.14. The second kappa shape index (κ2) is 4.80. The Morgan fingerprint density at radius 2 is 1.95 bits per heavy atom. The minimum atomic E-state index is -3.77. The van der Waals surface area contributed by atoms with E-state index in [0.717, 1.165) is 18.5 Å². The molecular weight excluding hydrogens is 292 g/mol. The Kier molecular flexibility index (Phi) is 3.20. The van der Waals surface area contributed by atoms with Gasteiger partial charge < -0.3 is 4.52 Å². The van der Waals surface area contributed by atoms with Crippen LogP contribution in [-0.2, 0) is 10.0 Å². The third-order valence-electron chi connectivity index (χ3n) is 3.33. The van der Waals surface area contributed by atoms with Gasteiger partial charge in [-0.1, -0.05) is 5.16 Å². The van der Waals surface area contributed by atoms with Crippen LogP contribution in [0.25, 0.3) is 0 Å². The van der Waals surface area contributed by atoms with Gasteiger partial charge >= 0.3 is 0 Å². The number of aryl methyl sites for hydroxylation is 3. The maximum absolute atomic E-state index is 12.4. The molecule has 0 saturated heterocycles. The SMILES string of the molecule is Cc1nc(NS(=O)(=O)c2c(C)noc2C)cc(C2CC2)n1. The quantitative estimate of drug-likeness (QED) is 0.928. The summed E-state index contributed by atoms with van der Waals surface area (Å²) in [6.45, 7) is 4.90. The van der Waals surface area contributed by atoms with E-state index in [-0.39, 0.29) is 16.5 Å². The van der Waals surface area contributed by atoms with Gasteiger partial charge in [-0.2, -0.15) is 0 Å². The molecule has 1 N–H and O–H groups in total. The van der Waals surface area contributed by atoms with E-state index in [2.05, 4.69) is 19.8 Å². The first-order valence-corrected chi connectivity index (χ1v) is 8.16. The molecule has 0 atom stereocenters. The predicted octanol–water partition coefficient (Wildman–Crippen LogP) is 2.07. The van der Waals surface area contributed by atoms with E-state index in [1.54, 1.807) is 26.8 Å². The average molecular weight is 308 g/mol. The van der Waals surface area contributed by atoms with E-state index in [1.165, 1.54) is 0 Å². The fourth-order valence-corrected chi connectivity index (χ4v) is 3.60. The van der Waals surface area contributed by atoms with Gasteiger partial charge in [0.25, 0.3) is 10.0 Å². The van der Waals surface area contributed by atoms with Gasteiger partial charge in [-0.15, -0.1) is 0 Å². The van der Waals surface area contributed by atoms with Crippen molar-refractivity contribution in [2.75, 3.05) is 4.72 Å². The number of hydrogen-bond donors (Lipinski definition) is 1. The molecule has 8 heteroatoms. The number of sulfonamides is 1. The number of nitrogens with one attached hydrogen (secondary N) is 1. The summed E-state index contributed by atoms with van der Waals surface area (Å²) in [5, 5.41) is 3.67. The van der Waals surface area contributed by atoms with Gasteiger partial charge in [0.05, 0.1) is 0 Å². The van der Waals surface area contributed by atoms with E-state index in [4.69, 9.17) is 4.52 Å². The highest BCUT2D eigenvalue weighted by Gasteiger charge is 2.28. The van der Waals surface area contributed by atoms with Crippen molar-refractivity contribution in [2.45, 2.75) is 44.4 Å². The maximum atomic E-state index is 12.4. The van der Waals surface area contributed by atoms with Gasteiger partial charge in [0.1, 0.15) is 17.3 Å². The molecule has 0 amide bonds. The summed E-state index contributed by atoms with van der Waals surface area (Å²) in [4.78, 5) is 8.55. The van der Waals surface area contributed by atoms with Crippen LogP contribution < -0.4 is 4.72 Å². The number of aromatic nitrogens is 3. The number of rotatable bonds is 4. The molecule has 2 heterocycles. The van der Waals surface area contributed by atoms with Gasteiger partial charge in [0.2, 0.25) is 0 Å². The molecule has 1 aliphatic carbocycles. The lowest BCUT2D eigenvalue weighted by Gasteiger charge is -2.09. The van der Waals surface area contributed by atoms with Crippen molar-refractivity contribution >= 4 is 15.8 Å². The molecule has 1 fully saturated rings. The van der Waals surface area contributed by atoms with E-state index >= 15 is 0 Å². The Morgan fingerprint density at radius 1 is 1.24 bits per heavy atom. The largest absolute Gasteiger partial charge is 0.360 e. The summed E-state index contributed by atoms with van der Waals surface area (Å²) < 4.78 is 32.3. The lowest BCUT2D eigenvalue weighted by atomic mass is 10.3. The zero-order valence-electron chi connectivity index (χ0n) is 12.0. The third-order valence-corrected chi connectivity index (χ3v) is 4.93. The van der Waals surface area contributed by atoms with Gasteiger partial charge in [-0.25, -0.2) is 18.4 Å². The van der Waals surface area contributed by atoms with Crippen LogP contribution in [0.1, 0.15) is 41.7 Å². The van der Waals surface area contributed by atoms with Crippen molar-refractivity contribution in [3.8, 4) is 0 Å². The van der Waals surface area contributed by atoms with E-state index < -0.39 is 10.0 Å². The molecule has 21 heavy (non-hydrogen) atoms. The molecule has 112 valence electrons. The molecule has 2 aromatic heterocycles. The smallest absolute Gasteiger partial charge is 0.268 e. The Bertz CT molecular complexity index is 774. The maximum Gasteiger partial charge on any atom is 0.268 e. The van der Waals surface area contributed by atoms with Crippen molar-refractivity contribution in [2.24, 2.45) is 0 Å². The summed E-state index contributed by atoms with van der Waals surface area (Å²) in [7, 11) is -3.77. The summed E-state index contributed by atoms with van der Waals surface area (Å²) in [5.41, 5.74) is 1.21. The lowest BCUT2D eigenvalue weighted by Crippen LogP contribution is -2.16.